The van der Waals surface area contributed by atoms with E-state index in [1.807, 2.05) is 0 Å². The predicted octanol–water partition coefficient (Wildman–Crippen LogP) is -0.721. The molecule has 0 spiro atoms. The zero-order valence-electron chi connectivity index (χ0n) is 4.59. The van der Waals surface area contributed by atoms with Crippen LogP contribution in [0.4, 0.5) is 0 Å². The smallest absolute Gasteiger partial charge is 0.263 e. The first-order valence-corrected chi connectivity index (χ1v) is 4.66. The quantitative estimate of drug-likeness (QED) is 0.587. The van der Waals surface area contributed by atoms with Gasteiger partial charge in [0.2, 0.25) is 0 Å². The number of hydrogen-bond donors (Lipinski definition) is 1. The predicted molar refractivity (Wildman–Crippen MR) is 31.8 cm³/mol. The molecule has 0 fully saturated rings. The van der Waals surface area contributed by atoms with Gasteiger partial charge in [-0.3, -0.25) is 4.55 Å². The molecule has 0 aliphatic heterocycles. The molecule has 0 saturated heterocycles. The highest BCUT2D eigenvalue weighted by Crippen LogP contribution is 1.97. The zero-order chi connectivity index (χ0) is 8.41. The van der Waals surface area contributed by atoms with Crippen LogP contribution in [0.25, 0.3) is 0 Å². The molecule has 0 aromatic rings. The third-order valence-corrected chi connectivity index (χ3v) is 2.24. The first kappa shape index (κ1) is 9.56. The molecule has 0 aliphatic rings. The number of hydrogen-bond acceptors (Lipinski definition) is 5. The Morgan fingerprint density at radius 2 is 1.70 bits per heavy atom. The molecule has 0 rings (SSSR count). The first-order valence-electron chi connectivity index (χ1n) is 1.83. The summed E-state index contributed by atoms with van der Waals surface area (Å²) < 4.78 is 50.7. The SMILES string of the molecule is C=CS(=O)(=O)OS(=O)(=O)O. The van der Waals surface area contributed by atoms with Gasteiger partial charge in [0.25, 0.3) is 0 Å². The molecule has 1 N–H and O–H groups in total. The topological polar surface area (TPSA) is 97.7 Å². The maximum absolute atomic E-state index is 10.1. The maximum Gasteiger partial charge on any atom is 0.412 e. The Bertz CT molecular complexity index is 306. The highest BCUT2D eigenvalue weighted by molar-refractivity contribution is 7.99. The van der Waals surface area contributed by atoms with Gasteiger partial charge in [0, 0.05) is 0 Å². The van der Waals surface area contributed by atoms with Crippen molar-refractivity contribution in [3.05, 3.63) is 12.0 Å². The van der Waals surface area contributed by atoms with Crippen LogP contribution in [0.5, 0.6) is 0 Å². The summed E-state index contributed by atoms with van der Waals surface area (Å²) >= 11 is 0. The second-order valence-corrected chi connectivity index (χ2v) is 3.87. The molecule has 0 aliphatic carbocycles. The molecule has 0 aromatic heterocycles. The lowest BCUT2D eigenvalue weighted by molar-refractivity contribution is 0.387. The van der Waals surface area contributed by atoms with Crippen LogP contribution in [0.15, 0.2) is 12.0 Å². The fraction of sp³-hybridized carbons (Fsp3) is 0. The largest absolute Gasteiger partial charge is 0.412 e. The van der Waals surface area contributed by atoms with E-state index < -0.39 is 20.5 Å². The maximum atomic E-state index is 10.1. The Morgan fingerprint density at radius 1 is 1.30 bits per heavy atom. The fourth-order valence-corrected chi connectivity index (χ4v) is 1.33. The molecule has 10 heavy (non-hydrogen) atoms. The van der Waals surface area contributed by atoms with Crippen molar-refractivity contribution in [1.82, 2.24) is 0 Å². The molecule has 0 amide bonds. The molecule has 6 nitrogen and oxygen atoms in total. The third kappa shape index (κ3) is 4.44. The van der Waals surface area contributed by atoms with E-state index in [4.69, 9.17) is 4.55 Å². The van der Waals surface area contributed by atoms with Gasteiger partial charge in [0.15, 0.2) is 0 Å². The minimum atomic E-state index is -4.95. The molecule has 8 heteroatoms. The van der Waals surface area contributed by atoms with E-state index in [2.05, 4.69) is 10.2 Å². The van der Waals surface area contributed by atoms with E-state index >= 15 is 0 Å². The van der Waals surface area contributed by atoms with E-state index in [1.165, 1.54) is 0 Å². The Kier molecular flexibility index (Phi) is 2.54. The molecule has 0 bridgehead atoms. The third-order valence-electron chi connectivity index (χ3n) is 0.385. The standard InChI is InChI=1S/C2H4O6S2/c1-2-9(3,4)8-10(5,6)7/h2H,1H2,(H,5,6,7). The van der Waals surface area contributed by atoms with Crippen molar-refractivity contribution in [3.63, 3.8) is 0 Å². The summed E-state index contributed by atoms with van der Waals surface area (Å²) in [6.07, 6.45) is 0. The summed E-state index contributed by atoms with van der Waals surface area (Å²) in [6.45, 7) is 2.73. The zero-order valence-corrected chi connectivity index (χ0v) is 6.22. The molecule has 0 atom stereocenters. The molecule has 0 heterocycles. The van der Waals surface area contributed by atoms with Crippen LogP contribution in [0.3, 0.4) is 0 Å². The van der Waals surface area contributed by atoms with E-state index in [1.54, 1.807) is 0 Å². The van der Waals surface area contributed by atoms with Crippen LogP contribution in [0, 0.1) is 0 Å². The van der Waals surface area contributed by atoms with Crippen LogP contribution < -0.4 is 0 Å². The van der Waals surface area contributed by atoms with E-state index in [0.29, 0.717) is 0 Å². The summed E-state index contributed by atoms with van der Waals surface area (Å²) in [4.78, 5) is 0. The van der Waals surface area contributed by atoms with Crippen LogP contribution in [-0.2, 0) is 24.1 Å². The van der Waals surface area contributed by atoms with Gasteiger partial charge in [-0.1, -0.05) is 6.58 Å². The second-order valence-electron chi connectivity index (χ2n) is 1.16. The van der Waals surface area contributed by atoms with Crippen molar-refractivity contribution in [2.24, 2.45) is 0 Å². The lowest BCUT2D eigenvalue weighted by atomic mass is 11.3. The normalized spacial score (nSPS) is 12.9. The van der Waals surface area contributed by atoms with E-state index in [9.17, 15) is 16.8 Å². The lowest BCUT2D eigenvalue weighted by Crippen LogP contribution is -2.09. The fourth-order valence-electron chi connectivity index (χ4n) is 0.148. The van der Waals surface area contributed by atoms with Crippen LogP contribution >= 0.6 is 0 Å². The summed E-state index contributed by atoms with van der Waals surface area (Å²) in [6, 6.07) is 0. The van der Waals surface area contributed by atoms with Crippen LogP contribution in [0.2, 0.25) is 0 Å². The van der Waals surface area contributed by atoms with E-state index in [0.717, 1.165) is 0 Å². The molecule has 0 unspecified atom stereocenters. The van der Waals surface area contributed by atoms with Gasteiger partial charge in [0.05, 0.1) is 5.41 Å². The Balaban J connectivity index is 4.65. The molecular formula is C2H4O6S2. The van der Waals surface area contributed by atoms with Crippen molar-refractivity contribution in [2.45, 2.75) is 0 Å². The highest BCUT2D eigenvalue weighted by atomic mass is 32.3. The lowest BCUT2D eigenvalue weighted by Gasteiger charge is -1.92. The van der Waals surface area contributed by atoms with Gasteiger partial charge in [-0.15, -0.1) is 3.63 Å². The van der Waals surface area contributed by atoms with Gasteiger partial charge in [0.1, 0.15) is 0 Å². The summed E-state index contributed by atoms with van der Waals surface area (Å²) in [5.74, 6) is 0. The molecule has 0 saturated carbocycles. The van der Waals surface area contributed by atoms with Gasteiger partial charge < -0.3 is 0 Å². The monoisotopic (exact) mass is 188 g/mol. The van der Waals surface area contributed by atoms with Crippen molar-refractivity contribution in [3.8, 4) is 0 Å². The van der Waals surface area contributed by atoms with Gasteiger partial charge in [-0.2, -0.15) is 16.8 Å². The van der Waals surface area contributed by atoms with Crippen LogP contribution in [-0.4, -0.2) is 21.4 Å². The Morgan fingerprint density at radius 3 is 1.80 bits per heavy atom. The average Bonchev–Trinajstić information content (AvgIpc) is 1.60. The molecule has 0 radical (unpaired) electrons. The van der Waals surface area contributed by atoms with Crippen LogP contribution in [0.1, 0.15) is 0 Å². The summed E-state index contributed by atoms with van der Waals surface area (Å²) in [7, 11) is -9.30. The second kappa shape index (κ2) is 2.66. The Hall–Kier alpha value is -0.440. The average molecular weight is 188 g/mol. The minimum absolute atomic E-state index is 0.251. The summed E-state index contributed by atoms with van der Waals surface area (Å²) in [5, 5.41) is 0.251. The van der Waals surface area contributed by atoms with Gasteiger partial charge in [-0.25, -0.2) is 0 Å². The van der Waals surface area contributed by atoms with Gasteiger partial charge in [-0.05, 0) is 0 Å². The van der Waals surface area contributed by atoms with Crippen molar-refractivity contribution >= 4 is 20.5 Å². The molecule has 60 valence electrons. The van der Waals surface area contributed by atoms with Gasteiger partial charge >= 0.3 is 20.5 Å². The first-order chi connectivity index (χ1) is 4.27. The van der Waals surface area contributed by atoms with Crippen molar-refractivity contribution in [1.29, 1.82) is 0 Å². The molecule has 0 aromatic carbocycles. The minimum Gasteiger partial charge on any atom is -0.263 e. The summed E-state index contributed by atoms with van der Waals surface area (Å²) in [5.41, 5.74) is 0. The Labute approximate surface area is 58.2 Å². The highest BCUT2D eigenvalue weighted by Gasteiger charge is 2.15. The molecular weight excluding hydrogens is 184 g/mol. The number of rotatable bonds is 3. The van der Waals surface area contributed by atoms with Crippen molar-refractivity contribution in [2.75, 3.05) is 0 Å². The van der Waals surface area contributed by atoms with Crippen molar-refractivity contribution < 1.29 is 25.0 Å². The van der Waals surface area contributed by atoms with E-state index in [-0.39, 0.29) is 5.41 Å².